The second-order valence-electron chi connectivity index (χ2n) is 6.89. The maximum absolute atomic E-state index is 12.6. The quantitative estimate of drug-likeness (QED) is 0.644. The van der Waals surface area contributed by atoms with Gasteiger partial charge in [0.25, 0.3) is 0 Å². The number of carbonyl (C=O) groups excluding carboxylic acids is 1. The summed E-state index contributed by atoms with van der Waals surface area (Å²) in [7, 11) is 0. The number of fused-ring (bicyclic) bond motifs is 1. The van der Waals surface area contributed by atoms with Gasteiger partial charge in [-0.1, -0.05) is 57.5 Å². The van der Waals surface area contributed by atoms with Crippen molar-refractivity contribution in [1.82, 2.24) is 5.16 Å². The molecule has 27 heavy (non-hydrogen) atoms. The van der Waals surface area contributed by atoms with Gasteiger partial charge >= 0.3 is 6.09 Å². The highest BCUT2D eigenvalue weighted by Gasteiger charge is 2.25. The van der Waals surface area contributed by atoms with E-state index in [2.05, 4.69) is 32.5 Å². The van der Waals surface area contributed by atoms with Gasteiger partial charge in [-0.25, -0.2) is 4.79 Å². The number of nitrogens with one attached hydrogen (secondary N) is 1. The molecule has 2 aliphatic carbocycles. The molecule has 1 atom stereocenters. The van der Waals surface area contributed by atoms with Crippen molar-refractivity contribution in [2.75, 3.05) is 5.32 Å². The number of aromatic nitrogens is 1. The normalized spacial score (nSPS) is 19.0. The Morgan fingerprint density at radius 3 is 2.93 bits per heavy atom. The second-order valence-corrected chi connectivity index (χ2v) is 7.91. The maximum atomic E-state index is 12.6. The SMILES string of the molecule is Cc1noc(C2=CC=C(Br)CC2)c1NC(=O)OC1CCCc2ccccc21. The van der Waals surface area contributed by atoms with Crippen LogP contribution in [-0.2, 0) is 11.2 Å². The monoisotopic (exact) mass is 428 g/mol. The van der Waals surface area contributed by atoms with Crippen LogP contribution >= 0.6 is 15.9 Å². The molecule has 0 saturated heterocycles. The van der Waals surface area contributed by atoms with Gasteiger partial charge in [0, 0.05) is 5.57 Å². The Morgan fingerprint density at radius 2 is 2.11 bits per heavy atom. The molecule has 1 unspecified atom stereocenters. The van der Waals surface area contributed by atoms with Crippen LogP contribution in [0.15, 0.2) is 45.4 Å². The molecule has 140 valence electrons. The van der Waals surface area contributed by atoms with Gasteiger partial charge in [0.1, 0.15) is 17.5 Å². The van der Waals surface area contributed by atoms with Gasteiger partial charge < -0.3 is 9.26 Å². The Labute approximate surface area is 166 Å². The molecule has 0 bridgehead atoms. The van der Waals surface area contributed by atoms with Gasteiger partial charge in [0.2, 0.25) is 0 Å². The Balaban J connectivity index is 1.51. The van der Waals surface area contributed by atoms with Crippen molar-refractivity contribution in [3.63, 3.8) is 0 Å². The molecule has 0 saturated carbocycles. The lowest BCUT2D eigenvalue weighted by Gasteiger charge is -2.25. The van der Waals surface area contributed by atoms with Gasteiger partial charge in [-0.2, -0.15) is 0 Å². The van der Waals surface area contributed by atoms with Crippen molar-refractivity contribution in [3.8, 4) is 0 Å². The molecule has 1 amide bonds. The Morgan fingerprint density at radius 1 is 1.26 bits per heavy atom. The van der Waals surface area contributed by atoms with Crippen LogP contribution in [0.2, 0.25) is 0 Å². The van der Waals surface area contributed by atoms with Crippen molar-refractivity contribution >= 4 is 33.3 Å². The van der Waals surface area contributed by atoms with E-state index >= 15 is 0 Å². The fourth-order valence-corrected chi connectivity index (χ4v) is 3.96. The molecule has 6 heteroatoms. The van der Waals surface area contributed by atoms with Crippen LogP contribution in [0.5, 0.6) is 0 Å². The van der Waals surface area contributed by atoms with Crippen molar-refractivity contribution in [2.45, 2.75) is 45.1 Å². The topological polar surface area (TPSA) is 64.4 Å². The van der Waals surface area contributed by atoms with Crippen LogP contribution in [0, 0.1) is 6.92 Å². The standard InChI is InChI=1S/C21H21BrN2O3/c1-13-19(20(27-24-13)15-9-11-16(22)12-10-15)23-21(25)26-18-8-4-6-14-5-2-3-7-17(14)18/h2-3,5,7,9,11,18H,4,6,8,10,12H2,1H3,(H,23,25). The lowest BCUT2D eigenvalue weighted by Crippen LogP contribution is -2.21. The Hall–Kier alpha value is -2.34. The molecular formula is C21H21BrN2O3. The minimum absolute atomic E-state index is 0.216. The predicted octanol–water partition coefficient (Wildman–Crippen LogP) is 6.07. The van der Waals surface area contributed by atoms with E-state index in [0.29, 0.717) is 17.1 Å². The van der Waals surface area contributed by atoms with Crippen molar-refractivity contribution in [1.29, 1.82) is 0 Å². The van der Waals surface area contributed by atoms with Crippen LogP contribution in [0.4, 0.5) is 10.5 Å². The second kappa shape index (κ2) is 7.72. The first-order chi connectivity index (χ1) is 13.1. The van der Waals surface area contributed by atoms with Gasteiger partial charge in [-0.05, 0) is 54.6 Å². The molecule has 0 aliphatic heterocycles. The number of rotatable bonds is 3. The lowest BCUT2D eigenvalue weighted by atomic mass is 9.89. The summed E-state index contributed by atoms with van der Waals surface area (Å²) in [6, 6.07) is 8.16. The molecule has 2 aliphatic rings. The number of carbonyl (C=O) groups is 1. The molecule has 0 fully saturated rings. The number of hydrogen-bond acceptors (Lipinski definition) is 4. The van der Waals surface area contributed by atoms with Crippen LogP contribution < -0.4 is 5.32 Å². The smallest absolute Gasteiger partial charge is 0.412 e. The zero-order valence-corrected chi connectivity index (χ0v) is 16.7. The fraction of sp³-hybridized carbons (Fsp3) is 0.333. The van der Waals surface area contributed by atoms with Gasteiger partial charge in [-0.15, -0.1) is 0 Å². The van der Waals surface area contributed by atoms with Crippen LogP contribution in [0.25, 0.3) is 5.57 Å². The van der Waals surface area contributed by atoms with E-state index in [4.69, 9.17) is 9.26 Å². The zero-order valence-electron chi connectivity index (χ0n) is 15.1. The van der Waals surface area contributed by atoms with Gasteiger partial charge in [0.05, 0.1) is 0 Å². The third kappa shape index (κ3) is 3.86. The Kier molecular flexibility index (Phi) is 5.16. The van der Waals surface area contributed by atoms with Crippen LogP contribution in [0.1, 0.15) is 54.4 Å². The molecule has 5 nitrogen and oxygen atoms in total. The first-order valence-corrected chi connectivity index (χ1v) is 9.98. The van der Waals surface area contributed by atoms with E-state index in [1.54, 1.807) is 0 Å². The van der Waals surface area contributed by atoms with E-state index in [-0.39, 0.29) is 6.10 Å². The van der Waals surface area contributed by atoms with E-state index in [1.165, 1.54) is 5.56 Å². The zero-order chi connectivity index (χ0) is 18.8. The average molecular weight is 429 g/mol. The Bertz CT molecular complexity index is 929. The summed E-state index contributed by atoms with van der Waals surface area (Å²) in [4.78, 5) is 12.6. The largest absolute Gasteiger partial charge is 0.441 e. The third-order valence-corrected chi connectivity index (χ3v) is 5.70. The third-order valence-electron chi connectivity index (χ3n) is 5.04. The molecule has 1 N–H and O–H groups in total. The summed E-state index contributed by atoms with van der Waals surface area (Å²) < 4.78 is 12.4. The number of benzene rings is 1. The lowest BCUT2D eigenvalue weighted by molar-refractivity contribution is 0.0999. The summed E-state index contributed by atoms with van der Waals surface area (Å²) >= 11 is 3.50. The molecule has 2 aromatic rings. The number of aryl methyl sites for hydroxylation is 2. The number of halogens is 1. The highest BCUT2D eigenvalue weighted by atomic mass is 79.9. The molecule has 4 rings (SSSR count). The minimum Gasteiger partial charge on any atom is -0.441 e. The van der Waals surface area contributed by atoms with Crippen LogP contribution in [-0.4, -0.2) is 11.2 Å². The molecular weight excluding hydrogens is 408 g/mol. The van der Waals surface area contributed by atoms with Crippen LogP contribution in [0.3, 0.4) is 0 Å². The predicted molar refractivity (Wildman–Crippen MR) is 108 cm³/mol. The van der Waals surface area contributed by atoms with E-state index in [9.17, 15) is 4.79 Å². The molecule has 0 spiro atoms. The summed E-state index contributed by atoms with van der Waals surface area (Å²) in [5, 5.41) is 6.88. The van der Waals surface area contributed by atoms with Crippen molar-refractivity contribution < 1.29 is 14.1 Å². The molecule has 1 aromatic carbocycles. The number of amides is 1. The van der Waals surface area contributed by atoms with Gasteiger partial charge in [-0.3, -0.25) is 5.32 Å². The minimum atomic E-state index is -0.475. The van der Waals surface area contributed by atoms with E-state index in [1.807, 2.05) is 37.3 Å². The molecule has 1 aromatic heterocycles. The summed E-state index contributed by atoms with van der Waals surface area (Å²) in [5.41, 5.74) is 4.60. The van der Waals surface area contributed by atoms with E-state index in [0.717, 1.165) is 47.7 Å². The average Bonchev–Trinajstić information content (AvgIpc) is 3.03. The number of hydrogen-bond donors (Lipinski definition) is 1. The molecule has 1 heterocycles. The number of allylic oxidation sites excluding steroid dienone is 4. The maximum Gasteiger partial charge on any atom is 0.412 e. The van der Waals surface area contributed by atoms with Gasteiger partial charge in [0.15, 0.2) is 5.76 Å². The molecule has 0 radical (unpaired) electrons. The highest BCUT2D eigenvalue weighted by Crippen LogP contribution is 2.36. The summed E-state index contributed by atoms with van der Waals surface area (Å²) in [6.45, 7) is 1.81. The fourth-order valence-electron chi connectivity index (χ4n) is 3.63. The first kappa shape index (κ1) is 18.0. The summed E-state index contributed by atoms with van der Waals surface area (Å²) in [6.07, 6.45) is 7.90. The van der Waals surface area contributed by atoms with Crippen molar-refractivity contribution in [3.05, 3.63) is 63.5 Å². The van der Waals surface area contributed by atoms with E-state index < -0.39 is 6.09 Å². The summed E-state index contributed by atoms with van der Waals surface area (Å²) in [5.74, 6) is 0.602. The first-order valence-electron chi connectivity index (χ1n) is 9.19. The number of anilines is 1. The number of nitrogens with zero attached hydrogens (tertiary/aromatic N) is 1. The van der Waals surface area contributed by atoms with Crippen molar-refractivity contribution in [2.24, 2.45) is 0 Å². The number of ether oxygens (including phenoxy) is 1. The highest BCUT2D eigenvalue weighted by molar-refractivity contribution is 9.11.